The molecule has 0 aliphatic carbocycles. The monoisotopic (exact) mass is 528 g/mol. The third kappa shape index (κ3) is 5.70. The fourth-order valence-corrected chi connectivity index (χ4v) is 4.41. The van der Waals surface area contributed by atoms with Crippen molar-refractivity contribution < 1.29 is 28.5 Å². The summed E-state index contributed by atoms with van der Waals surface area (Å²) >= 11 is 0. The number of nitrogens with one attached hydrogen (secondary N) is 1. The Kier molecular flexibility index (Phi) is 8.46. The molecule has 0 radical (unpaired) electrons. The van der Waals surface area contributed by atoms with Crippen molar-refractivity contribution in [1.29, 1.82) is 0 Å². The molecule has 0 fully saturated rings. The molecular formula is C31H32N2O6. The molecule has 8 nitrogen and oxygen atoms in total. The van der Waals surface area contributed by atoms with Gasteiger partial charge in [0, 0.05) is 42.0 Å². The second-order valence-electron chi connectivity index (χ2n) is 8.61. The zero-order chi connectivity index (χ0) is 27.9. The zero-order valence-corrected chi connectivity index (χ0v) is 22.9. The van der Waals surface area contributed by atoms with Crippen LogP contribution in [0.3, 0.4) is 0 Å². The van der Waals surface area contributed by atoms with Crippen LogP contribution in [0.2, 0.25) is 0 Å². The van der Waals surface area contributed by atoms with Crippen molar-refractivity contribution in [2.75, 3.05) is 40.9 Å². The molecule has 8 heteroatoms. The first kappa shape index (κ1) is 27.2. The Balaban J connectivity index is 1.61. The van der Waals surface area contributed by atoms with Crippen molar-refractivity contribution in [3.8, 4) is 28.7 Å². The lowest BCUT2D eigenvalue weighted by molar-refractivity contribution is 0.104. The summed E-state index contributed by atoms with van der Waals surface area (Å²) < 4.78 is 29.4. The summed E-state index contributed by atoms with van der Waals surface area (Å²) in [4.78, 5) is 13.0. The molecule has 0 saturated heterocycles. The van der Waals surface area contributed by atoms with Crippen LogP contribution in [0.25, 0.3) is 23.1 Å². The number of ketones is 1. The lowest BCUT2D eigenvalue weighted by Crippen LogP contribution is -1.99. The summed E-state index contributed by atoms with van der Waals surface area (Å²) in [5, 5.41) is 4.09. The molecular weight excluding hydrogens is 496 g/mol. The molecule has 0 atom stereocenters. The van der Waals surface area contributed by atoms with E-state index in [-0.39, 0.29) is 5.78 Å². The summed E-state index contributed by atoms with van der Waals surface area (Å²) in [6.45, 7) is 0. The molecule has 1 aromatic heterocycles. The van der Waals surface area contributed by atoms with E-state index in [2.05, 4.69) is 5.32 Å². The van der Waals surface area contributed by atoms with Gasteiger partial charge in [-0.05, 0) is 41.5 Å². The van der Waals surface area contributed by atoms with Crippen LogP contribution in [-0.2, 0) is 7.05 Å². The molecule has 4 aromatic rings. The Bertz CT molecular complexity index is 1530. The van der Waals surface area contributed by atoms with Gasteiger partial charge in [0.2, 0.25) is 5.75 Å². The molecule has 0 spiro atoms. The van der Waals surface area contributed by atoms with Gasteiger partial charge in [-0.1, -0.05) is 30.4 Å². The first-order valence-electron chi connectivity index (χ1n) is 12.2. The van der Waals surface area contributed by atoms with Crippen LogP contribution in [0.15, 0.2) is 67.0 Å². The van der Waals surface area contributed by atoms with Gasteiger partial charge in [0.25, 0.3) is 0 Å². The summed E-state index contributed by atoms with van der Waals surface area (Å²) in [6, 6.07) is 15.3. The van der Waals surface area contributed by atoms with Crippen molar-refractivity contribution in [3.63, 3.8) is 0 Å². The average Bonchev–Trinajstić information content (AvgIpc) is 3.31. The fraction of sp³-hybridized carbons (Fsp3) is 0.194. The number of methoxy groups -OCH3 is 5. The lowest BCUT2D eigenvalue weighted by Gasteiger charge is -2.14. The summed E-state index contributed by atoms with van der Waals surface area (Å²) in [7, 11) is 9.80. The van der Waals surface area contributed by atoms with Crippen LogP contribution < -0.4 is 29.0 Å². The number of hydrogen-bond donors (Lipinski definition) is 1. The highest BCUT2D eigenvalue weighted by atomic mass is 16.5. The Labute approximate surface area is 228 Å². The number of nitrogens with zero attached hydrogens (tertiary/aromatic N) is 1. The molecule has 202 valence electrons. The van der Waals surface area contributed by atoms with Crippen LogP contribution in [0.1, 0.15) is 21.5 Å². The van der Waals surface area contributed by atoms with Crippen LogP contribution in [0, 0.1) is 0 Å². The minimum absolute atomic E-state index is 0.108. The molecule has 4 rings (SSSR count). The number of hydrogen-bond acceptors (Lipinski definition) is 7. The van der Waals surface area contributed by atoms with Crippen molar-refractivity contribution in [3.05, 3.63) is 83.7 Å². The van der Waals surface area contributed by atoms with E-state index < -0.39 is 0 Å². The van der Waals surface area contributed by atoms with Gasteiger partial charge >= 0.3 is 0 Å². The first-order valence-corrected chi connectivity index (χ1v) is 12.2. The highest BCUT2D eigenvalue weighted by molar-refractivity contribution is 6.13. The maximum atomic E-state index is 13.0. The van der Waals surface area contributed by atoms with E-state index in [0.29, 0.717) is 40.0 Å². The minimum atomic E-state index is -0.108. The number of rotatable bonds is 11. The number of carbonyl (C=O) groups excluding carboxylic acids is 1. The topological polar surface area (TPSA) is 80.2 Å². The third-order valence-electron chi connectivity index (χ3n) is 6.29. The molecule has 1 N–H and O–H groups in total. The molecule has 0 aliphatic heterocycles. The molecule has 0 bridgehead atoms. The molecule has 0 saturated carbocycles. The summed E-state index contributed by atoms with van der Waals surface area (Å²) in [5.41, 5.74) is 3.98. The number of aryl methyl sites for hydroxylation is 1. The minimum Gasteiger partial charge on any atom is -0.493 e. The van der Waals surface area contributed by atoms with Crippen molar-refractivity contribution in [2.24, 2.45) is 7.05 Å². The number of fused-ring (bicyclic) bond motifs is 1. The quantitative estimate of drug-likeness (QED) is 0.141. The molecule has 0 unspecified atom stereocenters. The summed E-state index contributed by atoms with van der Waals surface area (Å²) in [5.74, 6) is 2.60. The van der Waals surface area contributed by atoms with Gasteiger partial charge in [0.15, 0.2) is 28.8 Å². The molecule has 0 amide bonds. The van der Waals surface area contributed by atoms with Crippen LogP contribution in [0.4, 0.5) is 5.69 Å². The smallest absolute Gasteiger partial charge is 0.203 e. The largest absolute Gasteiger partial charge is 0.493 e. The second-order valence-corrected chi connectivity index (χ2v) is 8.61. The maximum Gasteiger partial charge on any atom is 0.203 e. The van der Waals surface area contributed by atoms with Gasteiger partial charge in [-0.15, -0.1) is 0 Å². The van der Waals surface area contributed by atoms with E-state index in [9.17, 15) is 4.79 Å². The van der Waals surface area contributed by atoms with Crippen LogP contribution >= 0.6 is 0 Å². The van der Waals surface area contributed by atoms with Crippen molar-refractivity contribution in [1.82, 2.24) is 4.57 Å². The Morgan fingerprint density at radius 2 is 1.33 bits per heavy atom. The van der Waals surface area contributed by atoms with Gasteiger partial charge in [-0.25, -0.2) is 0 Å². The molecule has 39 heavy (non-hydrogen) atoms. The van der Waals surface area contributed by atoms with E-state index in [1.54, 1.807) is 41.7 Å². The van der Waals surface area contributed by atoms with E-state index in [1.165, 1.54) is 6.08 Å². The normalized spacial score (nSPS) is 11.2. The standard InChI is InChI=1S/C31H32N2O6/c1-33-19-23(22-9-7-8-10-25(22)33)26(34)13-14-32-24-15-20(16-27(35-2)30(24)38-5)11-12-21-17-28(36-3)31(39-6)29(18-21)37-4/h7-19,32H,1-6H3/b12-11+,14-13-. The molecule has 1 heterocycles. The van der Waals surface area contributed by atoms with Crippen molar-refractivity contribution in [2.45, 2.75) is 0 Å². The molecule has 0 aliphatic rings. The van der Waals surface area contributed by atoms with Gasteiger partial charge in [-0.2, -0.15) is 0 Å². The maximum absolute atomic E-state index is 13.0. The number of carbonyl (C=O) groups is 1. The summed E-state index contributed by atoms with van der Waals surface area (Å²) in [6.07, 6.45) is 8.81. The average molecular weight is 529 g/mol. The van der Waals surface area contributed by atoms with E-state index in [1.807, 2.05) is 78.5 Å². The van der Waals surface area contributed by atoms with E-state index >= 15 is 0 Å². The zero-order valence-electron chi connectivity index (χ0n) is 22.9. The van der Waals surface area contributed by atoms with Crippen molar-refractivity contribution >= 4 is 34.5 Å². The fourth-order valence-electron chi connectivity index (χ4n) is 4.41. The Morgan fingerprint density at radius 3 is 1.92 bits per heavy atom. The number of para-hydroxylation sites is 1. The highest BCUT2D eigenvalue weighted by Gasteiger charge is 2.14. The predicted octanol–water partition coefficient (Wildman–Crippen LogP) is 6.20. The SMILES string of the molecule is COc1cc(/C=C/c2cc(OC)c(OC)c(OC)c2)cc(N/C=C\C(=O)c2cn(C)c3ccccc23)c1OC. The van der Waals surface area contributed by atoms with E-state index in [0.717, 1.165) is 22.0 Å². The lowest BCUT2D eigenvalue weighted by atomic mass is 10.1. The van der Waals surface area contributed by atoms with Gasteiger partial charge in [-0.3, -0.25) is 4.79 Å². The van der Waals surface area contributed by atoms with Gasteiger partial charge < -0.3 is 33.6 Å². The number of anilines is 1. The first-order chi connectivity index (χ1) is 18.9. The predicted molar refractivity (Wildman–Crippen MR) is 155 cm³/mol. The Morgan fingerprint density at radius 1 is 0.769 bits per heavy atom. The number of allylic oxidation sites excluding steroid dienone is 1. The second kappa shape index (κ2) is 12.1. The van der Waals surface area contributed by atoms with Crippen LogP contribution in [-0.4, -0.2) is 45.9 Å². The Hall–Kier alpha value is -4.85. The number of benzene rings is 3. The highest BCUT2D eigenvalue weighted by Crippen LogP contribution is 2.40. The third-order valence-corrected chi connectivity index (χ3v) is 6.29. The van der Waals surface area contributed by atoms with Gasteiger partial charge in [0.1, 0.15) is 0 Å². The van der Waals surface area contributed by atoms with Gasteiger partial charge in [0.05, 0.1) is 41.2 Å². The number of ether oxygens (including phenoxy) is 5. The number of aromatic nitrogens is 1. The van der Waals surface area contributed by atoms with E-state index in [4.69, 9.17) is 23.7 Å². The molecule has 3 aromatic carbocycles. The van der Waals surface area contributed by atoms with Crippen LogP contribution in [0.5, 0.6) is 28.7 Å².